The summed E-state index contributed by atoms with van der Waals surface area (Å²) in [5.74, 6) is 0.948. The van der Waals surface area contributed by atoms with Crippen LogP contribution in [0.4, 0.5) is 0 Å². The van der Waals surface area contributed by atoms with Crippen molar-refractivity contribution in [1.82, 2.24) is 5.32 Å². The Labute approximate surface area is 121 Å². The molecule has 114 valence electrons. The lowest BCUT2D eigenvalue weighted by Crippen LogP contribution is -2.64. The third-order valence-corrected chi connectivity index (χ3v) is 4.46. The minimum absolute atomic E-state index is 0.244. The normalized spacial score (nSPS) is 30.0. The molecule has 0 bridgehead atoms. The van der Waals surface area contributed by atoms with E-state index in [2.05, 4.69) is 36.1 Å². The van der Waals surface area contributed by atoms with Gasteiger partial charge in [0.1, 0.15) is 5.54 Å². The van der Waals surface area contributed by atoms with Gasteiger partial charge in [0.25, 0.3) is 0 Å². The Morgan fingerprint density at radius 1 is 1.55 bits per heavy atom. The highest BCUT2D eigenvalue weighted by molar-refractivity contribution is 5.85. The van der Waals surface area contributed by atoms with Crippen molar-refractivity contribution in [3.05, 3.63) is 10.4 Å². The summed E-state index contributed by atoms with van der Waals surface area (Å²) in [6.07, 6.45) is 3.70. The third kappa shape index (κ3) is 3.87. The van der Waals surface area contributed by atoms with Crippen molar-refractivity contribution in [3.8, 4) is 0 Å². The van der Waals surface area contributed by atoms with Gasteiger partial charge in [-0.2, -0.15) is 0 Å². The zero-order valence-corrected chi connectivity index (χ0v) is 12.8. The van der Waals surface area contributed by atoms with E-state index in [1.54, 1.807) is 0 Å². The number of hydrogen-bond acceptors (Lipinski definition) is 3. The molecular weight excluding hydrogens is 254 g/mol. The fraction of sp³-hybridized carbons (Fsp3) is 0.929. The number of nitrogens with two attached hydrogens (primary N) is 1. The highest BCUT2D eigenvalue weighted by Gasteiger charge is 2.48. The smallest absolute Gasteiger partial charge is 0.238 e. The van der Waals surface area contributed by atoms with Gasteiger partial charge in [0.05, 0.1) is 0 Å². The van der Waals surface area contributed by atoms with E-state index < -0.39 is 5.54 Å². The number of azide groups is 1. The average Bonchev–Trinajstić information content (AvgIpc) is 2.37. The highest BCUT2D eigenvalue weighted by Crippen LogP contribution is 2.41. The van der Waals surface area contributed by atoms with Gasteiger partial charge in [-0.1, -0.05) is 32.3 Å². The summed E-state index contributed by atoms with van der Waals surface area (Å²) >= 11 is 0. The number of carbonyl (C=O) groups is 1. The number of hydrogen-bond donors (Lipinski definition) is 2. The summed E-state index contributed by atoms with van der Waals surface area (Å²) in [5, 5.41) is 6.91. The second-order valence-corrected chi connectivity index (χ2v) is 6.31. The minimum atomic E-state index is -0.609. The second-order valence-electron chi connectivity index (χ2n) is 6.31. The predicted octanol–water partition coefficient (Wildman–Crippen LogP) is 2.59. The number of nitrogens with one attached hydrogen (secondary N) is 1. The van der Waals surface area contributed by atoms with E-state index in [0.717, 1.165) is 25.7 Å². The Morgan fingerprint density at radius 3 is 2.80 bits per heavy atom. The summed E-state index contributed by atoms with van der Waals surface area (Å²) in [6.45, 7) is 7.58. The summed E-state index contributed by atoms with van der Waals surface area (Å²) in [5.41, 5.74) is 13.4. The molecule has 3 atom stereocenters. The summed E-state index contributed by atoms with van der Waals surface area (Å²) in [7, 11) is 0. The minimum Gasteiger partial charge on any atom is -0.368 e. The Bertz CT molecular complexity index is 378. The van der Waals surface area contributed by atoms with Crippen molar-refractivity contribution in [2.45, 2.75) is 52.0 Å². The van der Waals surface area contributed by atoms with E-state index in [4.69, 9.17) is 11.3 Å². The van der Waals surface area contributed by atoms with Crippen LogP contribution in [0.5, 0.6) is 0 Å². The molecule has 0 aromatic carbocycles. The molecule has 1 fully saturated rings. The Kier molecular flexibility index (Phi) is 6.30. The van der Waals surface area contributed by atoms with Gasteiger partial charge in [-0.25, -0.2) is 0 Å². The van der Waals surface area contributed by atoms with Gasteiger partial charge in [-0.3, -0.25) is 4.79 Å². The molecule has 1 saturated carbocycles. The van der Waals surface area contributed by atoms with Gasteiger partial charge in [-0.05, 0) is 49.1 Å². The zero-order valence-electron chi connectivity index (χ0n) is 12.8. The summed E-state index contributed by atoms with van der Waals surface area (Å²) < 4.78 is 0. The van der Waals surface area contributed by atoms with Gasteiger partial charge in [-0.15, -0.1) is 0 Å². The molecule has 0 spiro atoms. The van der Waals surface area contributed by atoms with Gasteiger partial charge >= 0.3 is 0 Å². The maximum Gasteiger partial charge on any atom is 0.238 e. The summed E-state index contributed by atoms with van der Waals surface area (Å²) in [6, 6.07) is 0. The molecule has 0 radical (unpaired) electrons. The van der Waals surface area contributed by atoms with Crippen LogP contribution in [-0.4, -0.2) is 24.5 Å². The number of amides is 1. The number of carbonyl (C=O) groups excluding carboxylic acids is 1. The molecule has 0 aromatic rings. The van der Waals surface area contributed by atoms with E-state index in [-0.39, 0.29) is 11.8 Å². The van der Waals surface area contributed by atoms with Crippen molar-refractivity contribution < 1.29 is 4.79 Å². The molecule has 1 aliphatic rings. The van der Waals surface area contributed by atoms with Crippen LogP contribution in [0.25, 0.3) is 10.4 Å². The van der Waals surface area contributed by atoms with E-state index in [0.29, 0.717) is 24.9 Å². The Balaban J connectivity index is 2.79. The SMILES string of the molecule is CC1CCC(C(C)C)C(NCCCN=[N+]=[N-])(C(N)=O)C1. The van der Waals surface area contributed by atoms with Gasteiger partial charge in [0.15, 0.2) is 0 Å². The molecule has 1 amide bonds. The van der Waals surface area contributed by atoms with E-state index in [1.807, 2.05) is 0 Å². The van der Waals surface area contributed by atoms with Crippen LogP contribution in [0.15, 0.2) is 5.11 Å². The molecule has 20 heavy (non-hydrogen) atoms. The number of rotatable bonds is 7. The maximum atomic E-state index is 12.1. The summed E-state index contributed by atoms with van der Waals surface area (Å²) in [4.78, 5) is 14.9. The molecule has 3 N–H and O–H groups in total. The molecule has 0 aliphatic heterocycles. The molecule has 0 saturated heterocycles. The Hall–Kier alpha value is -1.26. The van der Waals surface area contributed by atoms with E-state index >= 15 is 0 Å². The third-order valence-electron chi connectivity index (χ3n) is 4.46. The van der Waals surface area contributed by atoms with Crippen molar-refractivity contribution in [2.24, 2.45) is 28.6 Å². The fourth-order valence-corrected chi connectivity index (χ4v) is 3.50. The molecule has 6 nitrogen and oxygen atoms in total. The highest BCUT2D eigenvalue weighted by atomic mass is 16.1. The first-order valence-electron chi connectivity index (χ1n) is 7.49. The second kappa shape index (κ2) is 7.50. The lowest BCUT2D eigenvalue weighted by atomic mass is 9.64. The monoisotopic (exact) mass is 281 g/mol. The maximum absolute atomic E-state index is 12.1. The molecule has 1 rings (SSSR count). The van der Waals surface area contributed by atoms with Crippen molar-refractivity contribution in [2.75, 3.05) is 13.1 Å². The Morgan fingerprint density at radius 2 is 2.25 bits per heavy atom. The number of nitrogens with zero attached hydrogens (tertiary/aromatic N) is 3. The van der Waals surface area contributed by atoms with Gasteiger partial charge < -0.3 is 11.1 Å². The molecule has 0 aromatic heterocycles. The van der Waals surface area contributed by atoms with Crippen LogP contribution in [-0.2, 0) is 4.79 Å². The first kappa shape index (κ1) is 16.8. The molecule has 3 unspecified atom stereocenters. The first-order valence-corrected chi connectivity index (χ1v) is 7.49. The van der Waals surface area contributed by atoms with E-state index in [9.17, 15) is 4.79 Å². The number of primary amides is 1. The topological polar surface area (TPSA) is 104 Å². The quantitative estimate of drug-likeness (QED) is 0.324. The van der Waals surface area contributed by atoms with Crippen LogP contribution >= 0.6 is 0 Å². The van der Waals surface area contributed by atoms with Crippen LogP contribution < -0.4 is 11.1 Å². The van der Waals surface area contributed by atoms with Crippen LogP contribution in [0.3, 0.4) is 0 Å². The predicted molar refractivity (Wildman–Crippen MR) is 79.9 cm³/mol. The van der Waals surface area contributed by atoms with Crippen LogP contribution in [0, 0.1) is 17.8 Å². The lowest BCUT2D eigenvalue weighted by molar-refractivity contribution is -0.130. The first-order chi connectivity index (χ1) is 9.44. The zero-order chi connectivity index (χ0) is 15.2. The van der Waals surface area contributed by atoms with Gasteiger partial charge in [0, 0.05) is 11.5 Å². The van der Waals surface area contributed by atoms with Crippen molar-refractivity contribution >= 4 is 5.91 Å². The fourth-order valence-electron chi connectivity index (χ4n) is 3.50. The molecule has 1 aliphatic carbocycles. The van der Waals surface area contributed by atoms with Gasteiger partial charge in [0.2, 0.25) is 5.91 Å². The van der Waals surface area contributed by atoms with Crippen LogP contribution in [0.2, 0.25) is 0 Å². The largest absolute Gasteiger partial charge is 0.368 e. The standard InChI is InChI=1S/C14H27N5O/c1-10(2)12-6-5-11(3)9-14(12,13(15)20)17-7-4-8-18-19-16/h10-12,17H,4-9H2,1-3H3,(H2,15,20). The van der Waals surface area contributed by atoms with Crippen molar-refractivity contribution in [1.29, 1.82) is 0 Å². The van der Waals surface area contributed by atoms with Crippen LogP contribution in [0.1, 0.15) is 46.5 Å². The molecule has 6 heteroatoms. The van der Waals surface area contributed by atoms with E-state index in [1.165, 1.54) is 0 Å². The van der Waals surface area contributed by atoms with Crippen molar-refractivity contribution in [3.63, 3.8) is 0 Å². The molecular formula is C14H27N5O. The average molecular weight is 281 g/mol. The lowest BCUT2D eigenvalue weighted by Gasteiger charge is -2.46. The molecule has 0 heterocycles.